The highest BCUT2D eigenvalue weighted by Crippen LogP contribution is 2.34. The second-order valence-electron chi connectivity index (χ2n) is 16.0. The van der Waals surface area contributed by atoms with Crippen LogP contribution in [0.2, 0.25) is 5.02 Å². The number of hydrogen-bond acceptors (Lipinski definition) is 11. The first-order chi connectivity index (χ1) is 26.7. The molecule has 0 saturated carbocycles. The fraction of sp³-hybridized carbons (Fsp3) is 0.500. The van der Waals surface area contributed by atoms with Crippen LogP contribution in [0, 0.1) is 0 Å². The second kappa shape index (κ2) is 15.9. The molecule has 1 atom stereocenters. The maximum atomic E-state index is 13.7. The Bertz CT molecular complexity index is 2320. The Morgan fingerprint density at radius 2 is 1.73 bits per heavy atom. The number of imidazole rings is 1. The number of carbonyl (C=O) groups excluding carboxylic acids is 2. The van der Waals surface area contributed by atoms with Crippen molar-refractivity contribution in [3.63, 3.8) is 0 Å². The van der Waals surface area contributed by atoms with Crippen LogP contribution in [0.4, 0.5) is 23.1 Å². The summed E-state index contributed by atoms with van der Waals surface area (Å²) in [6.07, 6.45) is 5.43. The van der Waals surface area contributed by atoms with Crippen LogP contribution < -0.4 is 26.1 Å². The van der Waals surface area contributed by atoms with Crippen molar-refractivity contribution < 1.29 is 14.7 Å². The maximum absolute atomic E-state index is 13.7. The molecule has 0 radical (unpaired) electrons. The number of rotatable bonds is 13. The number of nitrogens with zero attached hydrogens (tertiary/aromatic N) is 9. The van der Waals surface area contributed by atoms with Crippen molar-refractivity contribution in [1.29, 1.82) is 0 Å². The highest BCUT2D eigenvalue weighted by molar-refractivity contribution is 6.33. The zero-order chi connectivity index (χ0) is 39.9. The van der Waals surface area contributed by atoms with Gasteiger partial charge in [-0.1, -0.05) is 11.6 Å². The summed E-state index contributed by atoms with van der Waals surface area (Å²) < 4.78 is 5.38. The van der Waals surface area contributed by atoms with E-state index in [4.69, 9.17) is 21.7 Å². The molecule has 1 unspecified atom stereocenters. The van der Waals surface area contributed by atoms with Gasteiger partial charge in [0.2, 0.25) is 17.8 Å². The number of carbonyl (C=O) groups is 2. The number of nitrogens with one attached hydrogen (secondary N) is 2. The fourth-order valence-corrected chi connectivity index (χ4v) is 8.01. The van der Waals surface area contributed by atoms with E-state index in [1.807, 2.05) is 61.7 Å². The first kappa shape index (κ1) is 39.3. The molecule has 2 aromatic carbocycles. The van der Waals surface area contributed by atoms with E-state index in [0.29, 0.717) is 54.8 Å². The molecule has 3 N–H and O–H groups in total. The molecule has 0 spiro atoms. The van der Waals surface area contributed by atoms with Gasteiger partial charge >= 0.3 is 5.69 Å². The molecule has 2 fully saturated rings. The summed E-state index contributed by atoms with van der Waals surface area (Å²) in [6, 6.07) is 12.3. The molecule has 56 heavy (non-hydrogen) atoms. The Morgan fingerprint density at radius 1 is 0.982 bits per heavy atom. The highest BCUT2D eigenvalue weighted by Gasteiger charge is 2.32. The van der Waals surface area contributed by atoms with Crippen LogP contribution in [-0.2, 0) is 29.7 Å². The molecule has 2 saturated heterocycles. The van der Waals surface area contributed by atoms with Crippen molar-refractivity contribution in [1.82, 2.24) is 39.1 Å². The zero-order valence-corrected chi connectivity index (χ0v) is 33.8. The minimum absolute atomic E-state index is 0.0911. The van der Waals surface area contributed by atoms with E-state index in [2.05, 4.69) is 42.5 Å². The lowest BCUT2D eigenvalue weighted by Crippen LogP contribution is -2.44. The van der Waals surface area contributed by atoms with Crippen molar-refractivity contribution in [3.05, 3.63) is 63.8 Å². The molecular formula is C40H52ClN11O4. The number of aromatic nitrogens is 6. The number of amides is 2. The third kappa shape index (κ3) is 8.25. The lowest BCUT2D eigenvalue weighted by Gasteiger charge is -2.38. The van der Waals surface area contributed by atoms with Crippen molar-refractivity contribution in [2.45, 2.75) is 83.0 Å². The van der Waals surface area contributed by atoms with Crippen LogP contribution in [0.5, 0.6) is 0 Å². The van der Waals surface area contributed by atoms with E-state index in [1.54, 1.807) is 24.6 Å². The Hall–Kier alpha value is -4.99. The predicted molar refractivity (Wildman–Crippen MR) is 220 cm³/mol. The van der Waals surface area contributed by atoms with Crippen molar-refractivity contribution in [3.8, 4) is 0 Å². The molecular weight excluding hydrogens is 734 g/mol. The third-order valence-electron chi connectivity index (χ3n) is 11.1. The second-order valence-corrected chi connectivity index (χ2v) is 16.5. The molecule has 16 heteroatoms. The third-order valence-corrected chi connectivity index (χ3v) is 11.3. The van der Waals surface area contributed by atoms with E-state index >= 15 is 0 Å². The molecule has 2 aliphatic heterocycles. The number of aryl methyl sites for hydroxylation is 3. The molecule has 3 aromatic heterocycles. The van der Waals surface area contributed by atoms with E-state index in [-0.39, 0.29) is 23.5 Å². The molecule has 5 aromatic rings. The van der Waals surface area contributed by atoms with Gasteiger partial charge in [0, 0.05) is 69.5 Å². The van der Waals surface area contributed by atoms with Gasteiger partial charge in [0.25, 0.3) is 0 Å². The number of anilines is 4. The molecule has 0 bridgehead atoms. The van der Waals surface area contributed by atoms with Gasteiger partial charge in [-0.25, -0.2) is 9.78 Å². The Balaban J connectivity index is 1.04. The van der Waals surface area contributed by atoms with Gasteiger partial charge in [-0.2, -0.15) is 10.1 Å². The minimum atomic E-state index is -0.915. The maximum Gasteiger partial charge on any atom is 0.329 e. The van der Waals surface area contributed by atoms with Crippen LogP contribution in [0.3, 0.4) is 0 Å². The van der Waals surface area contributed by atoms with Gasteiger partial charge in [-0.05, 0) is 103 Å². The normalized spacial score (nSPS) is 17.0. The fourth-order valence-electron chi connectivity index (χ4n) is 7.87. The molecule has 5 heterocycles. The highest BCUT2D eigenvalue weighted by atomic mass is 35.5. The SMILES string of the molecule is CN(C)CCCn1c(=O)n(CCC(C)(C)O)c2cc(Nc3nc(N(C)C4CCN(c5ccc6c(C7CCC(=O)NC7=O)nn(C)c6c5)CC4)ncc3Cl)ccc21. The molecule has 2 aliphatic rings. The molecule has 2 amide bonds. The summed E-state index contributed by atoms with van der Waals surface area (Å²) in [5.74, 6) is 0.0739. The monoisotopic (exact) mass is 785 g/mol. The molecule has 7 rings (SSSR count). The summed E-state index contributed by atoms with van der Waals surface area (Å²) in [5.41, 5.74) is 4.10. The van der Waals surface area contributed by atoms with Crippen molar-refractivity contribution >= 4 is 68.5 Å². The predicted octanol–water partition coefficient (Wildman–Crippen LogP) is 4.61. The summed E-state index contributed by atoms with van der Waals surface area (Å²) in [6.45, 7) is 7.01. The number of piperidine rings is 2. The quantitative estimate of drug-likeness (QED) is 0.143. The van der Waals surface area contributed by atoms with Crippen molar-refractivity contribution in [2.24, 2.45) is 7.05 Å². The Morgan fingerprint density at radius 3 is 2.45 bits per heavy atom. The average molecular weight is 786 g/mol. The van der Waals surface area contributed by atoms with E-state index in [0.717, 1.165) is 72.2 Å². The van der Waals surface area contributed by atoms with Gasteiger partial charge in [0.1, 0.15) is 5.02 Å². The van der Waals surface area contributed by atoms with Gasteiger partial charge in [0.15, 0.2) is 5.82 Å². The molecule has 298 valence electrons. The topological polar surface area (TPSA) is 159 Å². The summed E-state index contributed by atoms with van der Waals surface area (Å²) in [4.78, 5) is 54.0. The largest absolute Gasteiger partial charge is 0.390 e. The smallest absolute Gasteiger partial charge is 0.329 e. The van der Waals surface area contributed by atoms with Crippen molar-refractivity contribution in [2.75, 3.05) is 55.9 Å². The van der Waals surface area contributed by atoms with Crippen LogP contribution in [0.15, 0.2) is 47.4 Å². The minimum Gasteiger partial charge on any atom is -0.390 e. The van der Waals surface area contributed by atoms with E-state index in [1.165, 1.54) is 0 Å². The number of imide groups is 1. The molecule has 15 nitrogen and oxygen atoms in total. The number of hydrogen-bond donors (Lipinski definition) is 3. The van der Waals surface area contributed by atoms with Gasteiger partial charge in [-0.15, -0.1) is 0 Å². The van der Waals surface area contributed by atoms with Crippen LogP contribution in [0.1, 0.15) is 64.0 Å². The summed E-state index contributed by atoms with van der Waals surface area (Å²) in [5, 5.41) is 22.3. The lowest BCUT2D eigenvalue weighted by molar-refractivity contribution is -0.134. The summed E-state index contributed by atoms with van der Waals surface area (Å²) >= 11 is 6.65. The zero-order valence-electron chi connectivity index (χ0n) is 33.0. The Kier molecular flexibility index (Phi) is 11.1. The number of halogens is 1. The van der Waals surface area contributed by atoms with Crippen LogP contribution in [0.25, 0.3) is 21.9 Å². The van der Waals surface area contributed by atoms with Crippen LogP contribution >= 0.6 is 11.6 Å². The number of benzene rings is 2. The standard InChI is InChI=1S/C40H52ClN11O4/c1-40(2,56)16-21-52-33-22-25(8-12-31(33)51(39(52)55)18-7-17-47(3)4)43-36-30(41)24-42-38(45-36)48(5)26-14-19-50(20-15-26)27-9-10-28-32(23-27)49(6)46-35(28)29-11-13-34(53)44-37(29)54/h8-10,12,22-24,26,29,56H,7,11,13-21H2,1-6H3,(H,42,43,45)(H,44,53,54). The summed E-state index contributed by atoms with van der Waals surface area (Å²) in [7, 11) is 7.94. The van der Waals surface area contributed by atoms with Gasteiger partial charge in [-0.3, -0.25) is 28.7 Å². The first-order valence-corrected chi connectivity index (χ1v) is 19.7. The number of aliphatic hydroxyl groups is 1. The Labute approximate surface area is 331 Å². The molecule has 0 aliphatic carbocycles. The van der Waals surface area contributed by atoms with Crippen LogP contribution in [-0.4, -0.2) is 103 Å². The average Bonchev–Trinajstić information content (AvgIpc) is 3.62. The van der Waals surface area contributed by atoms with Gasteiger partial charge < -0.3 is 25.1 Å². The van der Waals surface area contributed by atoms with E-state index in [9.17, 15) is 19.5 Å². The van der Waals surface area contributed by atoms with E-state index < -0.39 is 11.5 Å². The van der Waals surface area contributed by atoms with Gasteiger partial charge in [0.05, 0.1) is 40.0 Å². The number of fused-ring (bicyclic) bond motifs is 2. The first-order valence-electron chi connectivity index (χ1n) is 19.3. The lowest BCUT2D eigenvalue weighted by atomic mass is 9.92.